The largest absolute Gasteiger partial charge is 0.351 e. The Morgan fingerprint density at radius 3 is 2.35 bits per heavy atom. The van der Waals surface area contributed by atoms with Gasteiger partial charge >= 0.3 is 11.7 Å². The second-order valence-corrected chi connectivity index (χ2v) is 12.0. The van der Waals surface area contributed by atoms with E-state index in [4.69, 9.17) is 0 Å². The van der Waals surface area contributed by atoms with E-state index in [0.717, 1.165) is 80.7 Å². The van der Waals surface area contributed by atoms with Crippen LogP contribution in [0.3, 0.4) is 0 Å². The number of nitrogens with one attached hydrogen (secondary N) is 3. The van der Waals surface area contributed by atoms with E-state index in [2.05, 4.69) is 16.4 Å². The number of aromatic amines is 1. The molecule has 3 heterocycles. The lowest BCUT2D eigenvalue weighted by Gasteiger charge is -2.56. The van der Waals surface area contributed by atoms with Gasteiger partial charge in [0, 0.05) is 38.4 Å². The molecule has 0 unspecified atom stereocenters. The van der Waals surface area contributed by atoms with Crippen LogP contribution in [0.4, 0.5) is 0 Å². The van der Waals surface area contributed by atoms with E-state index in [1.807, 2.05) is 36.8 Å². The van der Waals surface area contributed by atoms with E-state index < -0.39 is 0 Å². The summed E-state index contributed by atoms with van der Waals surface area (Å²) in [5.74, 6) is 3.51. The average molecular weight is 466 g/mol. The molecule has 5 aliphatic rings. The van der Waals surface area contributed by atoms with Crippen LogP contribution in [-0.2, 0) is 11.3 Å². The second-order valence-electron chi connectivity index (χ2n) is 12.0. The Labute approximate surface area is 201 Å². The molecule has 7 heteroatoms. The lowest BCUT2D eigenvalue weighted by Crippen LogP contribution is -3.11. The highest BCUT2D eigenvalue weighted by Gasteiger charge is 2.52. The number of H-pyrrole nitrogens is 1. The number of hydrogen-bond acceptors (Lipinski definition) is 2. The van der Waals surface area contributed by atoms with Crippen LogP contribution >= 0.6 is 0 Å². The smallest absolute Gasteiger partial charge is 0.349 e. The van der Waals surface area contributed by atoms with Gasteiger partial charge in [0.15, 0.2) is 5.52 Å². The van der Waals surface area contributed by atoms with Crippen molar-refractivity contribution in [1.29, 1.82) is 0 Å². The maximum atomic E-state index is 13.6. The number of carbonyl (C=O) groups is 2. The molecule has 4 aliphatic carbocycles. The molecule has 4 bridgehead atoms. The number of nitrogens with zero attached hydrogens (tertiary/aromatic N) is 2. The lowest BCUT2D eigenvalue weighted by atomic mass is 9.53. The molecular weight excluding hydrogens is 426 g/mol. The van der Waals surface area contributed by atoms with Gasteiger partial charge in [0.25, 0.3) is 0 Å². The summed E-state index contributed by atoms with van der Waals surface area (Å²) in [7, 11) is 3.69. The highest BCUT2D eigenvalue weighted by molar-refractivity contribution is 5.90. The van der Waals surface area contributed by atoms with E-state index in [9.17, 15) is 9.59 Å². The first-order chi connectivity index (χ1) is 16.4. The molecule has 3 N–H and O–H groups in total. The number of fused-ring (bicyclic) bond motifs is 1. The summed E-state index contributed by atoms with van der Waals surface area (Å²) in [5.41, 5.74) is 2.20. The lowest BCUT2D eigenvalue weighted by molar-refractivity contribution is -0.919. The van der Waals surface area contributed by atoms with Gasteiger partial charge in [0.2, 0.25) is 11.6 Å². The quantitative estimate of drug-likeness (QED) is 0.583. The first kappa shape index (κ1) is 22.1. The highest BCUT2D eigenvalue weighted by Crippen LogP contribution is 2.55. The van der Waals surface area contributed by atoms with Crippen LogP contribution in [0.5, 0.6) is 0 Å². The molecule has 0 aromatic carbocycles. The van der Waals surface area contributed by atoms with Crippen molar-refractivity contribution in [2.24, 2.45) is 23.7 Å². The minimum Gasteiger partial charge on any atom is -0.349 e. The zero-order valence-electron chi connectivity index (χ0n) is 20.6. The predicted octanol–water partition coefficient (Wildman–Crippen LogP) is 1.34. The van der Waals surface area contributed by atoms with Crippen LogP contribution in [0, 0.1) is 23.7 Å². The number of aromatic nitrogens is 2. The Balaban J connectivity index is 1.19. The van der Waals surface area contributed by atoms with E-state index in [1.165, 1.54) is 24.2 Å². The van der Waals surface area contributed by atoms with Crippen molar-refractivity contribution in [2.45, 2.75) is 63.5 Å². The van der Waals surface area contributed by atoms with Crippen molar-refractivity contribution in [3.05, 3.63) is 35.9 Å². The molecule has 2 amide bonds. The summed E-state index contributed by atoms with van der Waals surface area (Å²) in [6.07, 6.45) is 11.5. The Kier molecular flexibility index (Phi) is 5.43. The molecule has 1 saturated heterocycles. The molecule has 0 spiro atoms. The monoisotopic (exact) mass is 465 g/mol. The van der Waals surface area contributed by atoms with Gasteiger partial charge in [-0.1, -0.05) is 6.07 Å². The summed E-state index contributed by atoms with van der Waals surface area (Å²) < 4.78 is 2.03. The molecule has 1 aliphatic heterocycles. The fourth-order valence-electron chi connectivity index (χ4n) is 8.08. The van der Waals surface area contributed by atoms with Gasteiger partial charge in [-0.05, 0) is 68.4 Å². The van der Waals surface area contributed by atoms with Crippen molar-refractivity contribution in [3.63, 3.8) is 0 Å². The van der Waals surface area contributed by atoms with Crippen LogP contribution in [0.1, 0.15) is 67.7 Å². The third-order valence-corrected chi connectivity index (χ3v) is 9.22. The van der Waals surface area contributed by atoms with Crippen LogP contribution < -0.4 is 14.6 Å². The maximum absolute atomic E-state index is 13.6. The number of rotatable bonds is 5. The zero-order valence-corrected chi connectivity index (χ0v) is 20.6. The molecule has 7 rings (SSSR count). The third kappa shape index (κ3) is 3.92. The van der Waals surface area contributed by atoms with Crippen LogP contribution in [-0.4, -0.2) is 54.4 Å². The van der Waals surface area contributed by atoms with Crippen molar-refractivity contribution in [3.8, 4) is 0 Å². The Hall–Kier alpha value is -2.41. The molecule has 182 valence electrons. The molecule has 5 fully saturated rings. The van der Waals surface area contributed by atoms with E-state index in [1.54, 1.807) is 4.90 Å². The van der Waals surface area contributed by atoms with Crippen molar-refractivity contribution in [1.82, 2.24) is 15.2 Å². The molecule has 2 aromatic rings. The number of piperidine rings is 1. The Morgan fingerprint density at radius 2 is 1.74 bits per heavy atom. The van der Waals surface area contributed by atoms with Gasteiger partial charge in [-0.15, -0.1) is 0 Å². The fourth-order valence-corrected chi connectivity index (χ4v) is 8.08. The first-order valence-electron chi connectivity index (χ1n) is 13.3. The predicted molar refractivity (Wildman–Crippen MR) is 128 cm³/mol. The summed E-state index contributed by atoms with van der Waals surface area (Å²) >= 11 is 0. The van der Waals surface area contributed by atoms with E-state index in [0.29, 0.717) is 5.82 Å². The average Bonchev–Trinajstić information content (AvgIpc) is 3.16. The topological polar surface area (TPSA) is 73.7 Å². The van der Waals surface area contributed by atoms with Crippen molar-refractivity contribution in [2.75, 3.05) is 27.2 Å². The summed E-state index contributed by atoms with van der Waals surface area (Å²) in [6.45, 7) is 2.81. The highest BCUT2D eigenvalue weighted by atomic mass is 16.2. The molecule has 34 heavy (non-hydrogen) atoms. The molecular formula is C27H39N5O2+2. The molecule has 0 atom stereocenters. The minimum absolute atomic E-state index is 0.00484. The van der Waals surface area contributed by atoms with Crippen LogP contribution in [0.15, 0.2) is 24.4 Å². The van der Waals surface area contributed by atoms with Gasteiger partial charge < -0.3 is 15.1 Å². The summed E-state index contributed by atoms with van der Waals surface area (Å²) in [4.78, 5) is 32.7. The number of pyridine rings is 1. The Morgan fingerprint density at radius 1 is 1.09 bits per heavy atom. The summed E-state index contributed by atoms with van der Waals surface area (Å²) in [6, 6.07) is 6.15. The first-order valence-corrected chi connectivity index (χ1v) is 13.3. The number of quaternary nitrogens is 1. The number of imidazole rings is 1. The maximum Gasteiger partial charge on any atom is 0.351 e. The third-order valence-electron chi connectivity index (χ3n) is 9.22. The minimum atomic E-state index is 0.00484. The fraction of sp³-hybridized carbons (Fsp3) is 0.667. The van der Waals surface area contributed by atoms with Crippen molar-refractivity contribution < 1.29 is 18.9 Å². The standard InChI is InChI=1S/C27H37N5O2/c1-30(2)26(34)21-6-9-31(10-7-21)17-22-23-5-3-4-8-32(23)24(28-22)25(33)29-27-14-18-11-19(15-27)13-20(12-18)16-27/h3-5,8,18-21H,6-7,9-17H2,1-2H3,(H,29,33)/p+2. The molecule has 4 saturated carbocycles. The number of likely N-dealkylation sites (tertiary alicyclic amines) is 1. The SMILES string of the molecule is CN(C)C(=O)C1CC[NH+](Cc2[nH]c(C(=O)NC34CC5CC(CC(C5)C3)C4)[n+]3ccccc23)CC1. The zero-order chi connectivity index (χ0) is 23.4. The second kappa shape index (κ2) is 8.36. The number of carbonyl (C=O) groups excluding carboxylic acids is 2. The van der Waals surface area contributed by atoms with E-state index >= 15 is 0 Å². The van der Waals surface area contributed by atoms with Gasteiger partial charge in [-0.2, -0.15) is 4.40 Å². The van der Waals surface area contributed by atoms with Crippen LogP contribution in [0.2, 0.25) is 0 Å². The molecule has 7 nitrogen and oxygen atoms in total. The number of hydrogen-bond donors (Lipinski definition) is 3. The van der Waals surface area contributed by atoms with Gasteiger partial charge in [-0.3, -0.25) is 9.59 Å². The normalized spacial score (nSPS) is 34.4. The van der Waals surface area contributed by atoms with Gasteiger partial charge in [0.1, 0.15) is 6.54 Å². The van der Waals surface area contributed by atoms with Gasteiger partial charge in [0.05, 0.1) is 19.3 Å². The molecule has 0 radical (unpaired) electrons. The van der Waals surface area contributed by atoms with E-state index in [-0.39, 0.29) is 23.3 Å². The molecule has 2 aromatic heterocycles. The van der Waals surface area contributed by atoms with Crippen LogP contribution in [0.25, 0.3) is 5.52 Å². The summed E-state index contributed by atoms with van der Waals surface area (Å²) in [5, 5.41) is 3.54. The van der Waals surface area contributed by atoms with Gasteiger partial charge in [-0.25, -0.2) is 4.98 Å². The Bertz CT molecular complexity index is 1060. The van der Waals surface area contributed by atoms with Crippen molar-refractivity contribution >= 4 is 17.3 Å². The number of amides is 2.